The quantitative estimate of drug-likeness (QED) is 0.673. The van der Waals surface area contributed by atoms with Crippen LogP contribution < -0.4 is 0 Å². The van der Waals surface area contributed by atoms with Gasteiger partial charge < -0.3 is 33.3 Å². The van der Waals surface area contributed by atoms with Crippen molar-refractivity contribution in [1.82, 2.24) is 4.90 Å². The van der Waals surface area contributed by atoms with E-state index in [-0.39, 0.29) is 24.6 Å². The maximum Gasteiger partial charge on any atom is 0.197 e. The molecule has 0 radical (unpaired) electrons. The van der Waals surface area contributed by atoms with Crippen LogP contribution in [0.2, 0.25) is 0 Å². The minimum absolute atomic E-state index is 0.0784. The lowest BCUT2D eigenvalue weighted by molar-refractivity contribution is -0.256. The summed E-state index contributed by atoms with van der Waals surface area (Å²) >= 11 is 0. The first kappa shape index (κ1) is 19.5. The normalized spacial score (nSPS) is 42.2. The lowest BCUT2D eigenvalue weighted by atomic mass is 10.0. The summed E-state index contributed by atoms with van der Waals surface area (Å²) in [6.45, 7) is 11.1. The van der Waals surface area contributed by atoms with Gasteiger partial charge in [-0.1, -0.05) is 0 Å². The monoisotopic (exact) mass is 359 g/mol. The van der Waals surface area contributed by atoms with Crippen LogP contribution in [0.3, 0.4) is 0 Å². The maximum atomic E-state index is 6.15. The highest BCUT2D eigenvalue weighted by molar-refractivity contribution is 4.97. The van der Waals surface area contributed by atoms with Crippen molar-refractivity contribution in [3.8, 4) is 0 Å². The van der Waals surface area contributed by atoms with Crippen molar-refractivity contribution in [3.05, 3.63) is 0 Å². The SMILES string of the molecule is CN(C)CCCOC1(C)OC(C)(C)OC1C1CC2OC(C)(C)OC2O1. The van der Waals surface area contributed by atoms with E-state index in [0.29, 0.717) is 13.0 Å². The van der Waals surface area contributed by atoms with E-state index in [4.69, 9.17) is 28.4 Å². The van der Waals surface area contributed by atoms with Crippen LogP contribution in [0.5, 0.6) is 0 Å². The fraction of sp³-hybridized carbons (Fsp3) is 1.00. The predicted octanol–water partition coefficient (Wildman–Crippen LogP) is 2.09. The number of hydrogen-bond donors (Lipinski definition) is 0. The van der Waals surface area contributed by atoms with E-state index in [0.717, 1.165) is 13.0 Å². The van der Waals surface area contributed by atoms with E-state index in [1.165, 1.54) is 0 Å². The average Bonchev–Trinajstić information content (AvgIpc) is 3.01. The molecule has 0 aromatic carbocycles. The third-order valence-corrected chi connectivity index (χ3v) is 4.76. The molecule has 7 heteroatoms. The zero-order chi connectivity index (χ0) is 18.5. The third kappa shape index (κ3) is 4.35. The number of fused-ring (bicyclic) bond motifs is 1. The number of rotatable bonds is 6. The molecule has 0 aromatic rings. The van der Waals surface area contributed by atoms with E-state index >= 15 is 0 Å². The third-order valence-electron chi connectivity index (χ3n) is 4.76. The second-order valence-electron chi connectivity index (χ2n) is 8.51. The molecule has 3 saturated heterocycles. The summed E-state index contributed by atoms with van der Waals surface area (Å²) in [5.41, 5.74) is 0. The molecule has 3 aliphatic heterocycles. The maximum absolute atomic E-state index is 6.15. The molecule has 25 heavy (non-hydrogen) atoms. The molecular weight excluding hydrogens is 326 g/mol. The smallest absolute Gasteiger partial charge is 0.197 e. The number of ether oxygens (including phenoxy) is 6. The molecule has 5 unspecified atom stereocenters. The van der Waals surface area contributed by atoms with E-state index in [9.17, 15) is 0 Å². The molecular formula is C18H33NO6. The zero-order valence-electron chi connectivity index (χ0n) is 16.5. The summed E-state index contributed by atoms with van der Waals surface area (Å²) in [5.74, 6) is -2.17. The standard InChI is InChI=1S/C18H33NO6/c1-16(2)22-13-11-12(21-15(13)24-16)14-18(5,25-17(3,4)23-14)20-10-8-9-19(6)7/h12-15H,8-11H2,1-7H3. The van der Waals surface area contributed by atoms with Gasteiger partial charge in [0.25, 0.3) is 0 Å². The highest BCUT2D eigenvalue weighted by Gasteiger charge is 2.59. The van der Waals surface area contributed by atoms with Gasteiger partial charge in [-0.25, -0.2) is 0 Å². The highest BCUT2D eigenvalue weighted by atomic mass is 16.9. The summed E-state index contributed by atoms with van der Waals surface area (Å²) in [7, 11) is 4.10. The molecule has 3 aliphatic rings. The first-order valence-electron chi connectivity index (χ1n) is 9.17. The highest BCUT2D eigenvalue weighted by Crippen LogP contribution is 2.45. The predicted molar refractivity (Wildman–Crippen MR) is 90.9 cm³/mol. The summed E-state index contributed by atoms with van der Waals surface area (Å²) < 4.78 is 36.2. The van der Waals surface area contributed by atoms with Crippen molar-refractivity contribution in [2.45, 2.75) is 89.4 Å². The molecule has 0 saturated carbocycles. The molecule has 0 amide bonds. The lowest BCUT2D eigenvalue weighted by Gasteiger charge is -2.32. The van der Waals surface area contributed by atoms with Crippen molar-refractivity contribution >= 4 is 0 Å². The van der Waals surface area contributed by atoms with Crippen LogP contribution in [0, 0.1) is 0 Å². The van der Waals surface area contributed by atoms with Crippen LogP contribution in [0.1, 0.15) is 47.5 Å². The minimum atomic E-state index is -0.853. The largest absolute Gasteiger partial charge is 0.347 e. The van der Waals surface area contributed by atoms with Crippen LogP contribution in [-0.2, 0) is 28.4 Å². The molecule has 0 aromatic heterocycles. The van der Waals surface area contributed by atoms with Gasteiger partial charge in [-0.3, -0.25) is 0 Å². The van der Waals surface area contributed by atoms with E-state index in [1.54, 1.807) is 0 Å². The Bertz CT molecular complexity index is 466. The molecule has 3 rings (SSSR count). The molecule has 3 fully saturated rings. The van der Waals surface area contributed by atoms with Crippen LogP contribution >= 0.6 is 0 Å². The fourth-order valence-electron chi connectivity index (χ4n) is 3.89. The Balaban J connectivity index is 1.62. The molecule has 0 N–H and O–H groups in total. The summed E-state index contributed by atoms with van der Waals surface area (Å²) in [4.78, 5) is 2.14. The fourth-order valence-corrected chi connectivity index (χ4v) is 3.89. The van der Waals surface area contributed by atoms with E-state index in [1.807, 2.05) is 34.6 Å². The molecule has 5 atom stereocenters. The van der Waals surface area contributed by atoms with Gasteiger partial charge >= 0.3 is 0 Å². The lowest BCUT2D eigenvalue weighted by Crippen LogP contribution is -2.47. The van der Waals surface area contributed by atoms with Crippen molar-refractivity contribution in [2.75, 3.05) is 27.2 Å². The number of hydrogen-bond acceptors (Lipinski definition) is 7. The molecule has 0 bridgehead atoms. The van der Waals surface area contributed by atoms with Crippen molar-refractivity contribution in [1.29, 1.82) is 0 Å². The van der Waals surface area contributed by atoms with Gasteiger partial charge in [-0.05, 0) is 61.7 Å². The Morgan fingerprint density at radius 1 is 0.960 bits per heavy atom. The van der Waals surface area contributed by atoms with Crippen LogP contribution in [0.15, 0.2) is 0 Å². The minimum Gasteiger partial charge on any atom is -0.347 e. The van der Waals surface area contributed by atoms with Gasteiger partial charge in [-0.15, -0.1) is 0 Å². The van der Waals surface area contributed by atoms with Gasteiger partial charge in [0.2, 0.25) is 0 Å². The van der Waals surface area contributed by atoms with E-state index in [2.05, 4.69) is 19.0 Å². The Morgan fingerprint density at radius 3 is 2.32 bits per heavy atom. The first-order chi connectivity index (χ1) is 11.5. The summed E-state index contributed by atoms with van der Waals surface area (Å²) in [6, 6.07) is 0. The van der Waals surface area contributed by atoms with Crippen molar-refractivity contribution in [2.24, 2.45) is 0 Å². The Hall–Kier alpha value is -0.280. The van der Waals surface area contributed by atoms with Crippen LogP contribution in [-0.4, -0.2) is 74.1 Å². The number of nitrogens with zero attached hydrogens (tertiary/aromatic N) is 1. The average molecular weight is 359 g/mol. The van der Waals surface area contributed by atoms with Crippen molar-refractivity contribution < 1.29 is 28.4 Å². The molecule has 3 heterocycles. The second kappa shape index (κ2) is 6.71. The topological polar surface area (TPSA) is 58.6 Å². The zero-order valence-corrected chi connectivity index (χ0v) is 16.5. The summed E-state index contributed by atoms with van der Waals surface area (Å²) in [6.07, 6.45) is 0.676. The first-order valence-corrected chi connectivity index (χ1v) is 9.17. The molecule has 0 spiro atoms. The van der Waals surface area contributed by atoms with Gasteiger partial charge in [0.1, 0.15) is 12.2 Å². The van der Waals surface area contributed by atoms with Crippen LogP contribution in [0.25, 0.3) is 0 Å². The molecule has 7 nitrogen and oxygen atoms in total. The molecule has 0 aliphatic carbocycles. The Labute approximate surface area is 150 Å². The van der Waals surface area contributed by atoms with Crippen molar-refractivity contribution in [3.63, 3.8) is 0 Å². The van der Waals surface area contributed by atoms with Gasteiger partial charge in [0, 0.05) is 6.42 Å². The van der Waals surface area contributed by atoms with Gasteiger partial charge in [-0.2, -0.15) is 0 Å². The van der Waals surface area contributed by atoms with Crippen LogP contribution in [0.4, 0.5) is 0 Å². The van der Waals surface area contributed by atoms with Gasteiger partial charge in [0.05, 0.1) is 12.7 Å². The van der Waals surface area contributed by atoms with E-state index < -0.39 is 17.4 Å². The summed E-state index contributed by atoms with van der Waals surface area (Å²) in [5, 5.41) is 0. The second-order valence-corrected chi connectivity index (χ2v) is 8.51. The Morgan fingerprint density at radius 2 is 1.68 bits per heavy atom. The Kier molecular flexibility index (Phi) is 5.23. The molecule has 146 valence electrons. The van der Waals surface area contributed by atoms with Gasteiger partial charge in [0.15, 0.2) is 23.7 Å².